The predicted molar refractivity (Wildman–Crippen MR) is 141 cm³/mol. The van der Waals surface area contributed by atoms with Crippen LogP contribution in [-0.4, -0.2) is 30.9 Å². The number of aromatic nitrogens is 4. The molecular formula is C27H31ClN6O2. The van der Waals surface area contributed by atoms with Crippen LogP contribution in [-0.2, 0) is 21.6 Å². The van der Waals surface area contributed by atoms with E-state index < -0.39 is 17.1 Å². The molecule has 0 unspecified atom stereocenters. The molecule has 3 aromatic heterocycles. The number of nitrogens with two attached hydrogens (primary N) is 2. The second-order valence-electron chi connectivity index (χ2n) is 11.0. The van der Waals surface area contributed by atoms with Crippen molar-refractivity contribution in [2.45, 2.75) is 70.5 Å². The van der Waals surface area contributed by atoms with Gasteiger partial charge in [0.05, 0.1) is 15.9 Å². The van der Waals surface area contributed by atoms with E-state index in [4.69, 9.17) is 32.5 Å². The predicted octanol–water partition coefficient (Wildman–Crippen LogP) is 5.42. The molecule has 4 aromatic rings. The summed E-state index contributed by atoms with van der Waals surface area (Å²) in [6.45, 7) is 8.47. The summed E-state index contributed by atoms with van der Waals surface area (Å²) in [6, 6.07) is 10.1. The van der Waals surface area contributed by atoms with Crippen molar-refractivity contribution in [2.24, 2.45) is 5.41 Å². The molecule has 9 heteroatoms. The molecule has 0 amide bonds. The van der Waals surface area contributed by atoms with E-state index in [1.54, 1.807) is 0 Å². The van der Waals surface area contributed by atoms with Crippen LogP contribution < -0.4 is 11.5 Å². The van der Waals surface area contributed by atoms with Gasteiger partial charge in [-0.1, -0.05) is 30.7 Å². The van der Waals surface area contributed by atoms with Crippen molar-refractivity contribution in [1.29, 1.82) is 0 Å². The van der Waals surface area contributed by atoms with Gasteiger partial charge in [-0.2, -0.15) is 0 Å². The van der Waals surface area contributed by atoms with Crippen molar-refractivity contribution in [3.8, 4) is 0 Å². The van der Waals surface area contributed by atoms with Gasteiger partial charge in [0.2, 0.25) is 0 Å². The van der Waals surface area contributed by atoms with Gasteiger partial charge in [-0.25, -0.2) is 15.0 Å². The second kappa shape index (κ2) is 7.54. The van der Waals surface area contributed by atoms with Gasteiger partial charge in [-0.05, 0) is 70.2 Å². The van der Waals surface area contributed by atoms with Gasteiger partial charge < -0.3 is 25.5 Å². The maximum Gasteiger partial charge on any atom is 0.179 e. The normalized spacial score (nSPS) is 29.2. The van der Waals surface area contributed by atoms with E-state index in [-0.39, 0.29) is 5.41 Å². The Morgan fingerprint density at radius 3 is 2.61 bits per heavy atom. The molecule has 1 aliphatic carbocycles. The minimum absolute atomic E-state index is 0.169. The van der Waals surface area contributed by atoms with Gasteiger partial charge in [0.1, 0.15) is 29.2 Å². The highest BCUT2D eigenvalue weighted by Gasteiger charge is 2.73. The molecule has 1 saturated carbocycles. The Morgan fingerprint density at radius 2 is 1.81 bits per heavy atom. The van der Waals surface area contributed by atoms with E-state index in [1.165, 1.54) is 11.9 Å². The molecule has 1 aliphatic heterocycles. The van der Waals surface area contributed by atoms with Crippen molar-refractivity contribution in [3.05, 3.63) is 53.4 Å². The highest BCUT2D eigenvalue weighted by molar-refractivity contribution is 6.33. The maximum atomic E-state index is 6.81. The lowest BCUT2D eigenvalue weighted by Crippen LogP contribution is -2.54. The van der Waals surface area contributed by atoms with E-state index in [9.17, 15) is 0 Å². The topological polar surface area (TPSA) is 114 Å². The Morgan fingerprint density at radius 1 is 1.00 bits per heavy atom. The quantitative estimate of drug-likeness (QED) is 0.379. The molecule has 4 N–H and O–H groups in total. The van der Waals surface area contributed by atoms with Crippen molar-refractivity contribution < 1.29 is 9.47 Å². The van der Waals surface area contributed by atoms with Crippen LogP contribution in [0.25, 0.3) is 21.9 Å². The zero-order valence-corrected chi connectivity index (χ0v) is 21.8. The number of pyridine rings is 1. The molecule has 188 valence electrons. The smallest absolute Gasteiger partial charge is 0.179 e. The lowest BCUT2D eigenvalue weighted by Gasteiger charge is -2.44. The van der Waals surface area contributed by atoms with Gasteiger partial charge >= 0.3 is 0 Å². The highest BCUT2D eigenvalue weighted by atomic mass is 35.5. The molecule has 4 heterocycles. The summed E-state index contributed by atoms with van der Waals surface area (Å²) < 4.78 is 15.7. The van der Waals surface area contributed by atoms with E-state index >= 15 is 0 Å². The second-order valence-corrected chi connectivity index (χ2v) is 11.5. The third-order valence-electron chi connectivity index (χ3n) is 8.51. The first-order valence-electron chi connectivity index (χ1n) is 12.3. The fraction of sp³-hybridized carbons (Fsp3) is 0.444. The molecule has 1 saturated heterocycles. The first-order valence-corrected chi connectivity index (χ1v) is 12.7. The van der Waals surface area contributed by atoms with Gasteiger partial charge in [0.15, 0.2) is 11.5 Å². The van der Waals surface area contributed by atoms with E-state index in [1.807, 2.05) is 32.2 Å². The number of halogens is 1. The Hall–Kier alpha value is -2.94. The van der Waals surface area contributed by atoms with Crippen molar-refractivity contribution >= 4 is 45.2 Å². The Balaban J connectivity index is 1.37. The van der Waals surface area contributed by atoms with Gasteiger partial charge in [0, 0.05) is 17.0 Å². The average molecular weight is 507 g/mol. The number of nitrogens with zero attached hydrogens (tertiary/aromatic N) is 4. The maximum absolute atomic E-state index is 6.81. The molecule has 0 bridgehead atoms. The molecular weight excluding hydrogens is 476 g/mol. The summed E-state index contributed by atoms with van der Waals surface area (Å²) in [5.74, 6) is 0.0565. The third kappa shape index (κ3) is 3.17. The number of fused-ring (bicyclic) bond motifs is 3. The van der Waals surface area contributed by atoms with Crippen molar-refractivity contribution in [2.75, 3.05) is 11.5 Å². The van der Waals surface area contributed by atoms with Crippen LogP contribution in [0.1, 0.15) is 52.5 Å². The molecule has 2 fully saturated rings. The van der Waals surface area contributed by atoms with Crippen LogP contribution in [0.3, 0.4) is 0 Å². The Bertz CT molecular complexity index is 1520. The molecule has 36 heavy (non-hydrogen) atoms. The average Bonchev–Trinajstić information content (AvgIpc) is 3.41. The van der Waals surface area contributed by atoms with Gasteiger partial charge in [-0.15, -0.1) is 0 Å². The summed E-state index contributed by atoms with van der Waals surface area (Å²) in [5.41, 5.74) is 13.4. The van der Waals surface area contributed by atoms with Crippen LogP contribution in [0.15, 0.2) is 42.9 Å². The summed E-state index contributed by atoms with van der Waals surface area (Å²) in [6.07, 6.45) is 7.03. The zero-order valence-electron chi connectivity index (χ0n) is 21.0. The lowest BCUT2D eigenvalue weighted by atomic mass is 9.71. The Labute approximate surface area is 215 Å². The summed E-state index contributed by atoms with van der Waals surface area (Å²) in [4.78, 5) is 13.2. The molecule has 6 rings (SSSR count). The minimum atomic E-state index is -0.755. The molecule has 3 atom stereocenters. The molecule has 2 aliphatic rings. The fourth-order valence-electron chi connectivity index (χ4n) is 6.47. The number of hydrogen-bond acceptors (Lipinski definition) is 7. The minimum Gasteiger partial charge on any atom is -0.383 e. The molecule has 0 radical (unpaired) electrons. The van der Waals surface area contributed by atoms with Crippen LogP contribution in [0, 0.1) is 5.41 Å². The van der Waals surface area contributed by atoms with Crippen LogP contribution in [0.4, 0.5) is 11.6 Å². The number of anilines is 2. The fourth-order valence-corrected chi connectivity index (χ4v) is 6.63. The zero-order chi connectivity index (χ0) is 25.5. The first kappa shape index (κ1) is 23.5. The number of ether oxygens (including phenoxy) is 2. The number of hydrogen-bond donors (Lipinski definition) is 2. The summed E-state index contributed by atoms with van der Waals surface area (Å²) >= 11 is 6.15. The van der Waals surface area contributed by atoms with Crippen molar-refractivity contribution in [1.82, 2.24) is 19.5 Å². The standard InChI is InChI=1S/C27H31ClN6O2/c1-24(2)35-26(4)25(3,9-7-16-5-6-17-14-19(28)22(30)33-20(17)13-16)10-11-27(26,36-24)34-12-8-18-21(29)31-15-32-23(18)34/h5-6,8,12-15H,7,9-11H2,1-4H3,(H2,30,33)(H2,29,31,32)/t25-,26+,27+/m0/s1. The SMILES string of the molecule is CC1(C)O[C@]2(C)[C@@](C)(CCc3ccc4cc(Cl)c(N)nc4c3)CC[C@@]2(n2ccc3c(N)ncnc32)O1. The number of nitrogen functional groups attached to an aromatic ring is 2. The summed E-state index contributed by atoms with van der Waals surface area (Å²) in [7, 11) is 0. The van der Waals surface area contributed by atoms with Gasteiger partial charge in [0.25, 0.3) is 0 Å². The lowest BCUT2D eigenvalue weighted by molar-refractivity contribution is -0.195. The number of aryl methyl sites for hydroxylation is 1. The highest BCUT2D eigenvalue weighted by Crippen LogP contribution is 2.66. The van der Waals surface area contributed by atoms with Crippen LogP contribution >= 0.6 is 11.6 Å². The van der Waals surface area contributed by atoms with Crippen LogP contribution in [0.2, 0.25) is 5.02 Å². The monoisotopic (exact) mass is 506 g/mol. The Kier molecular flexibility index (Phi) is 4.91. The van der Waals surface area contributed by atoms with Crippen molar-refractivity contribution in [3.63, 3.8) is 0 Å². The molecule has 0 spiro atoms. The first-order chi connectivity index (χ1) is 17.0. The number of rotatable bonds is 4. The largest absolute Gasteiger partial charge is 0.383 e. The van der Waals surface area contributed by atoms with E-state index in [2.05, 4.69) is 51.6 Å². The van der Waals surface area contributed by atoms with Crippen LogP contribution in [0.5, 0.6) is 0 Å². The van der Waals surface area contributed by atoms with E-state index in [0.29, 0.717) is 16.7 Å². The van der Waals surface area contributed by atoms with Gasteiger partial charge in [-0.3, -0.25) is 0 Å². The van der Waals surface area contributed by atoms with E-state index in [0.717, 1.165) is 47.6 Å². The summed E-state index contributed by atoms with van der Waals surface area (Å²) in [5, 5.41) is 2.27. The molecule has 1 aromatic carbocycles. The number of benzene rings is 1. The molecule has 8 nitrogen and oxygen atoms in total. The third-order valence-corrected chi connectivity index (χ3v) is 8.81.